The normalized spacial score (nSPS) is 42.3. The predicted octanol–water partition coefficient (Wildman–Crippen LogP) is 0.0542. The van der Waals surface area contributed by atoms with E-state index in [4.69, 9.17) is 15.2 Å². The van der Waals surface area contributed by atoms with E-state index in [0.717, 1.165) is 12.8 Å². The summed E-state index contributed by atoms with van der Waals surface area (Å²) in [5, 5.41) is 0. The Bertz CT molecular complexity index is 217. The fraction of sp³-hybridized carbons (Fsp3) is 0.889. The van der Waals surface area contributed by atoms with Crippen LogP contribution < -0.4 is 5.73 Å². The lowest BCUT2D eigenvalue weighted by molar-refractivity contribution is -0.150. The largest absolute Gasteiger partial charge is 0.466 e. The van der Waals surface area contributed by atoms with Crippen molar-refractivity contribution in [3.05, 3.63) is 0 Å². The summed E-state index contributed by atoms with van der Waals surface area (Å²) in [6.07, 6.45) is 2.03. The van der Waals surface area contributed by atoms with Gasteiger partial charge >= 0.3 is 5.97 Å². The number of rotatable bonds is 2. The smallest absolute Gasteiger partial charge is 0.313 e. The minimum atomic E-state index is -0.223. The van der Waals surface area contributed by atoms with Crippen molar-refractivity contribution >= 4 is 5.97 Å². The van der Waals surface area contributed by atoms with Crippen molar-refractivity contribution < 1.29 is 14.3 Å². The molecule has 0 radical (unpaired) electrons. The molecule has 2 aliphatic heterocycles. The van der Waals surface area contributed by atoms with Gasteiger partial charge in [0, 0.05) is 6.04 Å². The summed E-state index contributed by atoms with van der Waals surface area (Å²) in [6.45, 7) is 2.22. The van der Waals surface area contributed by atoms with Crippen LogP contribution in [0.15, 0.2) is 0 Å². The third-order valence-corrected chi connectivity index (χ3v) is 2.89. The molecule has 4 unspecified atom stereocenters. The number of carbonyl (C=O) groups excluding carboxylic acids is 1. The van der Waals surface area contributed by atoms with Crippen LogP contribution in [-0.4, -0.2) is 30.8 Å². The second-order valence-corrected chi connectivity index (χ2v) is 3.65. The Morgan fingerprint density at radius 1 is 1.54 bits per heavy atom. The third-order valence-electron chi connectivity index (χ3n) is 2.89. The van der Waals surface area contributed by atoms with Crippen LogP contribution in [0.3, 0.4) is 0 Å². The first-order valence-electron chi connectivity index (χ1n) is 4.81. The number of hydrogen-bond acceptors (Lipinski definition) is 4. The van der Waals surface area contributed by atoms with E-state index in [1.165, 1.54) is 0 Å². The summed E-state index contributed by atoms with van der Waals surface area (Å²) in [5.74, 6) is -0.416. The van der Waals surface area contributed by atoms with Crippen molar-refractivity contribution in [1.29, 1.82) is 0 Å². The topological polar surface area (TPSA) is 61.5 Å². The van der Waals surface area contributed by atoms with E-state index in [1.807, 2.05) is 0 Å². The number of carbonyl (C=O) groups is 1. The minimum absolute atomic E-state index is 0.0130. The van der Waals surface area contributed by atoms with Crippen molar-refractivity contribution in [2.75, 3.05) is 6.61 Å². The van der Waals surface area contributed by atoms with Gasteiger partial charge in [0.2, 0.25) is 0 Å². The molecule has 0 aromatic heterocycles. The molecule has 2 fully saturated rings. The van der Waals surface area contributed by atoms with Crippen LogP contribution in [0.5, 0.6) is 0 Å². The first-order chi connectivity index (χ1) is 6.24. The monoisotopic (exact) mass is 185 g/mol. The maximum atomic E-state index is 11.5. The predicted molar refractivity (Wildman–Crippen MR) is 46.0 cm³/mol. The van der Waals surface area contributed by atoms with Gasteiger partial charge in [0.1, 0.15) is 5.92 Å². The van der Waals surface area contributed by atoms with Gasteiger partial charge in [0.15, 0.2) is 0 Å². The Hall–Kier alpha value is -0.610. The highest BCUT2D eigenvalue weighted by molar-refractivity contribution is 5.74. The van der Waals surface area contributed by atoms with Gasteiger partial charge in [-0.3, -0.25) is 4.79 Å². The Balaban J connectivity index is 2.03. The van der Waals surface area contributed by atoms with Gasteiger partial charge in [0.05, 0.1) is 18.8 Å². The second kappa shape index (κ2) is 3.27. The Morgan fingerprint density at radius 3 is 2.77 bits per heavy atom. The number of fused-ring (bicyclic) bond motifs is 2. The Labute approximate surface area is 77.4 Å². The SMILES string of the molecule is CCOC(=O)C1C2CCC(O2)C1N. The van der Waals surface area contributed by atoms with Crippen LogP contribution in [0.25, 0.3) is 0 Å². The maximum Gasteiger partial charge on any atom is 0.313 e. The highest BCUT2D eigenvalue weighted by Gasteiger charge is 2.51. The van der Waals surface area contributed by atoms with Gasteiger partial charge in [-0.15, -0.1) is 0 Å². The zero-order valence-electron chi connectivity index (χ0n) is 7.73. The van der Waals surface area contributed by atoms with Gasteiger partial charge in [0.25, 0.3) is 0 Å². The zero-order valence-corrected chi connectivity index (χ0v) is 7.73. The molecule has 0 aliphatic carbocycles. The van der Waals surface area contributed by atoms with Crippen LogP contribution in [0.4, 0.5) is 0 Å². The number of nitrogens with two attached hydrogens (primary N) is 1. The fourth-order valence-corrected chi connectivity index (χ4v) is 2.26. The summed E-state index contributed by atoms with van der Waals surface area (Å²) >= 11 is 0. The van der Waals surface area contributed by atoms with Crippen LogP contribution in [0, 0.1) is 5.92 Å². The molecular weight excluding hydrogens is 170 g/mol. The van der Waals surface area contributed by atoms with Crippen LogP contribution in [0.1, 0.15) is 19.8 Å². The lowest BCUT2D eigenvalue weighted by atomic mass is 9.85. The molecule has 2 rings (SSSR count). The quantitative estimate of drug-likeness (QED) is 0.618. The number of esters is 1. The van der Waals surface area contributed by atoms with Crippen LogP contribution >= 0.6 is 0 Å². The molecule has 0 spiro atoms. The first kappa shape index (κ1) is 8.97. The highest BCUT2D eigenvalue weighted by Crippen LogP contribution is 2.38. The maximum absolute atomic E-state index is 11.5. The highest BCUT2D eigenvalue weighted by atomic mass is 16.5. The lowest BCUT2D eigenvalue weighted by Gasteiger charge is -2.22. The summed E-state index contributed by atoms with van der Waals surface area (Å²) < 4.78 is 10.5. The molecule has 4 atom stereocenters. The van der Waals surface area contributed by atoms with E-state index in [9.17, 15) is 4.79 Å². The average Bonchev–Trinajstić information content (AvgIpc) is 2.63. The molecule has 0 aromatic rings. The fourth-order valence-electron chi connectivity index (χ4n) is 2.26. The molecule has 2 aliphatic rings. The van der Waals surface area contributed by atoms with Crippen molar-refractivity contribution in [2.24, 2.45) is 11.7 Å². The molecule has 74 valence electrons. The first-order valence-corrected chi connectivity index (χ1v) is 4.81. The van der Waals surface area contributed by atoms with Crippen molar-refractivity contribution in [2.45, 2.75) is 38.0 Å². The Morgan fingerprint density at radius 2 is 2.23 bits per heavy atom. The molecule has 2 N–H and O–H groups in total. The molecule has 4 nitrogen and oxygen atoms in total. The van der Waals surface area contributed by atoms with Crippen molar-refractivity contribution in [3.8, 4) is 0 Å². The molecule has 0 saturated carbocycles. The Kier molecular flexibility index (Phi) is 2.26. The zero-order chi connectivity index (χ0) is 9.42. The molecule has 0 amide bonds. The summed E-state index contributed by atoms with van der Waals surface area (Å²) in [4.78, 5) is 11.5. The van der Waals surface area contributed by atoms with E-state index < -0.39 is 0 Å². The third kappa shape index (κ3) is 1.34. The van der Waals surface area contributed by atoms with Crippen molar-refractivity contribution in [1.82, 2.24) is 0 Å². The van der Waals surface area contributed by atoms with Crippen LogP contribution in [0.2, 0.25) is 0 Å². The van der Waals surface area contributed by atoms with E-state index >= 15 is 0 Å². The molecule has 13 heavy (non-hydrogen) atoms. The number of ether oxygens (including phenoxy) is 2. The molecule has 2 bridgehead atoms. The summed E-state index contributed by atoms with van der Waals surface area (Å²) in [6, 6.07) is -0.155. The van der Waals surface area contributed by atoms with Gasteiger partial charge in [-0.25, -0.2) is 0 Å². The van der Waals surface area contributed by atoms with E-state index in [-0.39, 0.29) is 30.1 Å². The van der Waals surface area contributed by atoms with Gasteiger partial charge in [-0.05, 0) is 19.8 Å². The molecule has 0 aromatic carbocycles. The second-order valence-electron chi connectivity index (χ2n) is 3.65. The van der Waals surface area contributed by atoms with E-state index in [0.29, 0.717) is 6.61 Å². The van der Waals surface area contributed by atoms with E-state index in [1.54, 1.807) is 6.92 Å². The summed E-state index contributed by atoms with van der Waals surface area (Å²) in [5.41, 5.74) is 5.87. The molecule has 2 saturated heterocycles. The molecule has 4 heteroatoms. The average molecular weight is 185 g/mol. The minimum Gasteiger partial charge on any atom is -0.466 e. The van der Waals surface area contributed by atoms with E-state index in [2.05, 4.69) is 0 Å². The molecule has 2 heterocycles. The standard InChI is InChI=1S/C9H15NO3/c1-2-12-9(11)7-5-3-4-6(13-5)8(7)10/h5-8H,2-4,10H2,1H3. The van der Waals surface area contributed by atoms with Gasteiger partial charge in [-0.1, -0.05) is 0 Å². The van der Waals surface area contributed by atoms with Crippen LogP contribution in [-0.2, 0) is 14.3 Å². The van der Waals surface area contributed by atoms with Crippen molar-refractivity contribution in [3.63, 3.8) is 0 Å². The summed E-state index contributed by atoms with van der Waals surface area (Å²) in [7, 11) is 0. The van der Waals surface area contributed by atoms with Gasteiger partial charge in [-0.2, -0.15) is 0 Å². The lowest BCUT2D eigenvalue weighted by Crippen LogP contribution is -2.44. The molecular formula is C9H15NO3. The van der Waals surface area contributed by atoms with Gasteiger partial charge < -0.3 is 15.2 Å². The number of hydrogen-bond donors (Lipinski definition) is 1.